The van der Waals surface area contributed by atoms with Crippen molar-refractivity contribution in [1.82, 2.24) is 24.3 Å². The molecule has 1 aromatic carbocycles. The van der Waals surface area contributed by atoms with Gasteiger partial charge >= 0.3 is 11.7 Å². The molecule has 0 saturated carbocycles. The second kappa shape index (κ2) is 13.2. The topological polar surface area (TPSA) is 163 Å². The summed E-state index contributed by atoms with van der Waals surface area (Å²) in [5, 5.41) is 11.7. The van der Waals surface area contributed by atoms with E-state index in [0.29, 0.717) is 37.9 Å². The molecule has 12 heteroatoms. The van der Waals surface area contributed by atoms with Crippen LogP contribution in [0.15, 0.2) is 35.3 Å². The lowest BCUT2D eigenvalue weighted by Gasteiger charge is -2.35. The second-order valence-corrected chi connectivity index (χ2v) is 10.4. The molecular weight excluding hydrogens is 500 g/mol. The Balaban J connectivity index is 1.32. The molecule has 1 unspecified atom stereocenters. The lowest BCUT2D eigenvalue weighted by molar-refractivity contribution is -0.134. The molecule has 6 N–H and O–H groups in total. The number of amides is 3. The molecule has 12 nitrogen and oxygen atoms in total. The zero-order valence-corrected chi connectivity index (χ0v) is 22.6. The van der Waals surface area contributed by atoms with Gasteiger partial charge in [-0.3, -0.25) is 14.7 Å². The highest BCUT2D eigenvalue weighted by atomic mass is 16.3. The highest BCUT2D eigenvalue weighted by molar-refractivity contribution is 5.88. The van der Waals surface area contributed by atoms with E-state index in [0.717, 1.165) is 50.9 Å². The molecule has 0 spiro atoms. The van der Waals surface area contributed by atoms with E-state index in [1.807, 2.05) is 12.1 Å². The summed E-state index contributed by atoms with van der Waals surface area (Å²) in [4.78, 5) is 47.2. The smallest absolute Gasteiger partial charge is 0.354 e. The molecule has 1 aromatic heterocycles. The minimum atomic E-state index is -0.954. The van der Waals surface area contributed by atoms with Gasteiger partial charge in [-0.1, -0.05) is 6.07 Å². The summed E-state index contributed by atoms with van der Waals surface area (Å²) in [6.45, 7) is 6.00. The Morgan fingerprint density at radius 2 is 1.85 bits per heavy atom. The SMILES string of the molecule is Cc1cc(-n2ccc(NC(=O)N3CCN(C(=O)[C@@H](N)CO)CC3)nc2=O)ccc1CCN1CCCC(N)CC1. The molecule has 2 saturated heterocycles. The van der Waals surface area contributed by atoms with Gasteiger partial charge in [0.2, 0.25) is 5.91 Å². The predicted molar refractivity (Wildman–Crippen MR) is 149 cm³/mol. The first-order chi connectivity index (χ1) is 18.7. The Morgan fingerprint density at radius 1 is 1.10 bits per heavy atom. The number of hydrogen-bond donors (Lipinski definition) is 4. The first kappa shape index (κ1) is 28.7. The van der Waals surface area contributed by atoms with Crippen LogP contribution < -0.4 is 22.5 Å². The number of nitrogens with one attached hydrogen (secondary N) is 1. The summed E-state index contributed by atoms with van der Waals surface area (Å²) >= 11 is 0. The van der Waals surface area contributed by atoms with Gasteiger partial charge in [0.05, 0.1) is 12.3 Å². The number of carbonyl (C=O) groups excluding carboxylic acids is 2. The summed E-state index contributed by atoms with van der Waals surface area (Å²) in [5.74, 6) is -0.179. The van der Waals surface area contributed by atoms with Crippen molar-refractivity contribution in [3.63, 3.8) is 0 Å². The average Bonchev–Trinajstić information content (AvgIpc) is 3.15. The van der Waals surface area contributed by atoms with Crippen LogP contribution in [0.1, 0.15) is 30.4 Å². The molecule has 2 aromatic rings. The maximum Gasteiger partial charge on any atom is 0.354 e. The van der Waals surface area contributed by atoms with Gasteiger partial charge in [-0.15, -0.1) is 0 Å². The number of likely N-dealkylation sites (tertiary alicyclic amines) is 1. The molecule has 3 heterocycles. The molecule has 212 valence electrons. The van der Waals surface area contributed by atoms with Crippen LogP contribution in [0.3, 0.4) is 0 Å². The van der Waals surface area contributed by atoms with Crippen LogP contribution in [0.25, 0.3) is 5.69 Å². The molecule has 0 aliphatic carbocycles. The summed E-state index contributed by atoms with van der Waals surface area (Å²) in [5.41, 5.74) is 14.3. The first-order valence-electron chi connectivity index (χ1n) is 13.6. The van der Waals surface area contributed by atoms with E-state index in [9.17, 15) is 14.4 Å². The molecule has 3 amide bonds. The molecule has 2 fully saturated rings. The minimum absolute atomic E-state index is 0.160. The predicted octanol–water partition coefficient (Wildman–Crippen LogP) is -0.108. The van der Waals surface area contributed by atoms with Crippen molar-refractivity contribution in [1.29, 1.82) is 0 Å². The van der Waals surface area contributed by atoms with Crippen molar-refractivity contribution in [3.8, 4) is 5.69 Å². The van der Waals surface area contributed by atoms with Crippen molar-refractivity contribution in [3.05, 3.63) is 52.1 Å². The van der Waals surface area contributed by atoms with E-state index >= 15 is 0 Å². The molecule has 0 radical (unpaired) electrons. The summed E-state index contributed by atoms with van der Waals surface area (Å²) in [6, 6.07) is 6.52. The summed E-state index contributed by atoms with van der Waals surface area (Å²) in [7, 11) is 0. The first-order valence-corrected chi connectivity index (χ1v) is 13.6. The Bertz CT molecular complexity index is 1210. The number of nitrogens with zero attached hydrogens (tertiary/aromatic N) is 5. The molecule has 39 heavy (non-hydrogen) atoms. The third-order valence-electron chi connectivity index (χ3n) is 7.60. The number of benzene rings is 1. The Kier molecular flexibility index (Phi) is 9.68. The fourth-order valence-corrected chi connectivity index (χ4v) is 5.09. The van der Waals surface area contributed by atoms with Gasteiger partial charge < -0.3 is 31.3 Å². The minimum Gasteiger partial charge on any atom is -0.394 e. The fraction of sp³-hybridized carbons (Fsp3) is 0.556. The molecule has 2 atom stereocenters. The summed E-state index contributed by atoms with van der Waals surface area (Å²) < 4.78 is 1.46. The van der Waals surface area contributed by atoms with E-state index in [-0.39, 0.29) is 11.7 Å². The van der Waals surface area contributed by atoms with Gasteiger partial charge in [-0.25, -0.2) is 9.59 Å². The van der Waals surface area contributed by atoms with E-state index in [1.165, 1.54) is 15.0 Å². The highest BCUT2D eigenvalue weighted by Crippen LogP contribution is 2.17. The van der Waals surface area contributed by atoms with Gasteiger partial charge in [0.25, 0.3) is 0 Å². The number of aryl methyl sites for hydroxylation is 1. The number of hydrogen-bond acceptors (Lipinski definition) is 8. The molecule has 2 aliphatic rings. The van der Waals surface area contributed by atoms with Crippen LogP contribution in [0.2, 0.25) is 0 Å². The number of carbonyl (C=O) groups is 2. The van der Waals surface area contributed by atoms with Gasteiger partial charge in [-0.2, -0.15) is 4.98 Å². The lowest BCUT2D eigenvalue weighted by atomic mass is 10.0. The maximum absolute atomic E-state index is 12.8. The normalized spacial score (nSPS) is 19.4. The van der Waals surface area contributed by atoms with Crippen molar-refractivity contribution >= 4 is 17.8 Å². The number of anilines is 1. The van der Waals surface area contributed by atoms with Gasteiger partial charge in [-0.05, 0) is 75.0 Å². The largest absolute Gasteiger partial charge is 0.394 e. The van der Waals surface area contributed by atoms with E-state index < -0.39 is 24.4 Å². The number of urea groups is 1. The maximum atomic E-state index is 12.8. The number of aliphatic hydroxyl groups is 1. The quantitative estimate of drug-likeness (QED) is 0.378. The van der Waals surface area contributed by atoms with Crippen molar-refractivity contribution in [2.45, 2.75) is 44.7 Å². The fourth-order valence-electron chi connectivity index (χ4n) is 5.09. The Labute approximate surface area is 228 Å². The number of aliphatic hydroxyl groups excluding tert-OH is 1. The van der Waals surface area contributed by atoms with E-state index in [1.54, 1.807) is 17.2 Å². The number of aromatic nitrogens is 2. The molecular formula is C27H40N8O4. The number of piperazine rings is 1. The lowest BCUT2D eigenvalue weighted by Crippen LogP contribution is -2.55. The van der Waals surface area contributed by atoms with Crippen LogP contribution in [0, 0.1) is 6.92 Å². The number of rotatable bonds is 7. The van der Waals surface area contributed by atoms with Crippen molar-refractivity contribution in [2.24, 2.45) is 11.5 Å². The zero-order chi connectivity index (χ0) is 27.9. The highest BCUT2D eigenvalue weighted by Gasteiger charge is 2.27. The van der Waals surface area contributed by atoms with Crippen molar-refractivity contribution < 1.29 is 14.7 Å². The average molecular weight is 541 g/mol. The van der Waals surface area contributed by atoms with Crippen LogP contribution in [0.4, 0.5) is 10.6 Å². The van der Waals surface area contributed by atoms with Gasteiger partial charge in [0.1, 0.15) is 11.9 Å². The third-order valence-corrected chi connectivity index (χ3v) is 7.60. The van der Waals surface area contributed by atoms with Gasteiger partial charge in [0, 0.05) is 45.0 Å². The standard InChI is InChI=1S/C27H40N8O4/c1-19-17-22(5-4-20(19)6-10-32-9-2-3-21(28)7-11-32)35-12-8-24(31-27(35)39)30-26(38)34-15-13-33(14-16-34)25(37)23(29)18-36/h4-5,8,12,17,21,23,36H,2-3,6-7,9-11,13-16,18,28-29H2,1H3,(H,30,31,38,39)/t21?,23-/m0/s1. The van der Waals surface area contributed by atoms with E-state index in [2.05, 4.69) is 28.2 Å². The van der Waals surface area contributed by atoms with Crippen molar-refractivity contribution in [2.75, 3.05) is 57.7 Å². The summed E-state index contributed by atoms with van der Waals surface area (Å²) in [6.07, 6.45) is 5.82. The zero-order valence-electron chi connectivity index (χ0n) is 22.6. The number of nitrogens with two attached hydrogens (primary N) is 2. The molecule has 4 rings (SSSR count). The van der Waals surface area contributed by atoms with Crippen LogP contribution in [-0.2, 0) is 11.2 Å². The van der Waals surface area contributed by atoms with Crippen LogP contribution >= 0.6 is 0 Å². The second-order valence-electron chi connectivity index (χ2n) is 10.4. The Morgan fingerprint density at radius 3 is 2.54 bits per heavy atom. The molecule has 0 bridgehead atoms. The van der Waals surface area contributed by atoms with E-state index in [4.69, 9.17) is 16.6 Å². The van der Waals surface area contributed by atoms with Crippen LogP contribution in [0.5, 0.6) is 0 Å². The third kappa shape index (κ3) is 7.41. The van der Waals surface area contributed by atoms with Gasteiger partial charge in [0.15, 0.2) is 0 Å². The Hall–Kier alpha value is -3.32. The molecule has 2 aliphatic heterocycles. The monoisotopic (exact) mass is 540 g/mol. The van der Waals surface area contributed by atoms with Crippen LogP contribution in [-0.4, -0.2) is 106 Å².